The first-order valence-electron chi connectivity index (χ1n) is 10.2. The fourth-order valence-corrected chi connectivity index (χ4v) is 3.12. The SMILES string of the molecule is C#Cc1cccc(Nc2cc(Nc3cc(N)c(N(C)CCN(C)C)cc3OC)ncn2)c1. The van der Waals surface area contributed by atoms with Crippen molar-refractivity contribution in [1.82, 2.24) is 14.9 Å². The van der Waals surface area contributed by atoms with Crippen LogP contribution in [-0.4, -0.2) is 56.2 Å². The Kier molecular flexibility index (Phi) is 7.37. The predicted octanol–water partition coefficient (Wildman–Crippen LogP) is 3.53. The van der Waals surface area contributed by atoms with Crippen LogP contribution in [0.1, 0.15) is 5.56 Å². The van der Waals surface area contributed by atoms with Crippen molar-refractivity contribution >= 4 is 34.4 Å². The van der Waals surface area contributed by atoms with E-state index in [0.717, 1.165) is 30.0 Å². The van der Waals surface area contributed by atoms with E-state index in [2.05, 4.69) is 36.3 Å². The molecule has 0 saturated heterocycles. The summed E-state index contributed by atoms with van der Waals surface area (Å²) in [5.41, 5.74) is 10.3. The molecule has 3 aromatic rings. The number of anilines is 6. The molecule has 0 aliphatic carbocycles. The molecule has 4 N–H and O–H groups in total. The fourth-order valence-electron chi connectivity index (χ4n) is 3.12. The van der Waals surface area contributed by atoms with Crippen LogP contribution < -0.4 is 26.0 Å². The van der Waals surface area contributed by atoms with Gasteiger partial charge in [-0.1, -0.05) is 12.0 Å². The van der Waals surface area contributed by atoms with Gasteiger partial charge < -0.3 is 30.9 Å². The molecule has 3 rings (SSSR count). The molecule has 0 amide bonds. The number of aromatic nitrogens is 2. The van der Waals surface area contributed by atoms with Gasteiger partial charge in [-0.2, -0.15) is 0 Å². The van der Waals surface area contributed by atoms with Gasteiger partial charge in [-0.15, -0.1) is 6.42 Å². The normalized spacial score (nSPS) is 10.5. The number of nitrogens with zero attached hydrogens (tertiary/aromatic N) is 4. The lowest BCUT2D eigenvalue weighted by molar-refractivity contribution is 0.413. The maximum atomic E-state index is 6.35. The first-order valence-corrected chi connectivity index (χ1v) is 10.2. The molecule has 0 atom stereocenters. The smallest absolute Gasteiger partial charge is 0.144 e. The summed E-state index contributed by atoms with van der Waals surface area (Å²) in [6, 6.07) is 13.1. The summed E-state index contributed by atoms with van der Waals surface area (Å²) >= 11 is 0. The Morgan fingerprint density at radius 1 is 1.03 bits per heavy atom. The number of rotatable bonds is 9. The quantitative estimate of drug-likeness (QED) is 0.350. The number of hydrogen-bond donors (Lipinski definition) is 3. The van der Waals surface area contributed by atoms with E-state index in [9.17, 15) is 0 Å². The lowest BCUT2D eigenvalue weighted by atomic mass is 10.2. The van der Waals surface area contributed by atoms with Gasteiger partial charge in [0, 0.05) is 43.5 Å². The average molecular weight is 432 g/mol. The van der Waals surface area contributed by atoms with Gasteiger partial charge in [0.2, 0.25) is 0 Å². The Balaban J connectivity index is 1.80. The average Bonchev–Trinajstić information content (AvgIpc) is 2.78. The zero-order valence-corrected chi connectivity index (χ0v) is 18.9. The highest BCUT2D eigenvalue weighted by Crippen LogP contribution is 2.36. The molecule has 0 fully saturated rings. The first-order chi connectivity index (χ1) is 15.4. The van der Waals surface area contributed by atoms with Crippen molar-refractivity contribution in [2.24, 2.45) is 0 Å². The van der Waals surface area contributed by atoms with Crippen LogP contribution in [0.25, 0.3) is 0 Å². The van der Waals surface area contributed by atoms with Crippen LogP contribution in [0.15, 0.2) is 48.8 Å². The van der Waals surface area contributed by atoms with Crippen molar-refractivity contribution < 1.29 is 4.74 Å². The minimum absolute atomic E-state index is 0.599. The largest absolute Gasteiger partial charge is 0.494 e. The third kappa shape index (κ3) is 5.80. The second-order valence-electron chi connectivity index (χ2n) is 7.60. The van der Waals surface area contributed by atoms with Gasteiger partial charge in [0.1, 0.15) is 23.7 Å². The maximum absolute atomic E-state index is 6.35. The van der Waals surface area contributed by atoms with Crippen LogP contribution >= 0.6 is 0 Å². The summed E-state index contributed by atoms with van der Waals surface area (Å²) in [4.78, 5) is 12.8. The van der Waals surface area contributed by atoms with E-state index in [-0.39, 0.29) is 0 Å². The Labute approximate surface area is 189 Å². The summed E-state index contributed by atoms with van der Waals surface area (Å²) in [7, 11) is 7.73. The Morgan fingerprint density at radius 2 is 1.78 bits per heavy atom. The van der Waals surface area contributed by atoms with Crippen molar-refractivity contribution in [2.75, 3.05) is 62.6 Å². The highest BCUT2D eigenvalue weighted by molar-refractivity contribution is 5.79. The van der Waals surface area contributed by atoms with Crippen molar-refractivity contribution in [3.63, 3.8) is 0 Å². The van der Waals surface area contributed by atoms with Crippen molar-refractivity contribution in [2.45, 2.75) is 0 Å². The van der Waals surface area contributed by atoms with Gasteiger partial charge in [-0.05, 0) is 38.4 Å². The molecule has 32 heavy (non-hydrogen) atoms. The van der Waals surface area contributed by atoms with Crippen LogP contribution in [0.3, 0.4) is 0 Å². The molecule has 8 nitrogen and oxygen atoms in total. The maximum Gasteiger partial charge on any atom is 0.144 e. The lowest BCUT2D eigenvalue weighted by Crippen LogP contribution is -2.29. The highest BCUT2D eigenvalue weighted by Gasteiger charge is 2.13. The fraction of sp³-hybridized carbons (Fsp3) is 0.250. The minimum atomic E-state index is 0.599. The number of nitrogens with two attached hydrogens (primary N) is 1. The molecule has 2 aromatic carbocycles. The van der Waals surface area contributed by atoms with E-state index in [1.807, 2.05) is 57.5 Å². The zero-order chi connectivity index (χ0) is 23.1. The van der Waals surface area contributed by atoms with E-state index in [1.54, 1.807) is 13.2 Å². The third-order valence-electron chi connectivity index (χ3n) is 4.87. The standard InChI is InChI=1S/C24H29N7O/c1-6-17-8-7-9-18(12-17)28-23-15-24(27-16-26-23)29-20-13-19(25)21(14-22(20)32-5)31(4)11-10-30(2)3/h1,7-9,12-16H,10-11,25H2,2-5H3,(H2,26,27,28,29). The van der Waals surface area contributed by atoms with Crippen molar-refractivity contribution in [3.05, 3.63) is 54.4 Å². The molecule has 0 aliphatic heterocycles. The summed E-state index contributed by atoms with van der Waals surface area (Å²) in [6.45, 7) is 1.76. The number of nitrogen functional groups attached to an aromatic ring is 1. The molecule has 0 saturated carbocycles. The molecule has 0 aliphatic rings. The van der Waals surface area contributed by atoms with E-state index in [1.165, 1.54) is 6.33 Å². The summed E-state index contributed by atoms with van der Waals surface area (Å²) < 4.78 is 5.61. The summed E-state index contributed by atoms with van der Waals surface area (Å²) in [5, 5.41) is 6.51. The molecule has 1 heterocycles. The number of likely N-dealkylation sites (N-methyl/N-ethyl adjacent to an activating group) is 2. The first kappa shape index (κ1) is 22.7. The predicted molar refractivity (Wildman–Crippen MR) is 132 cm³/mol. The Bertz CT molecular complexity index is 1110. The number of methoxy groups -OCH3 is 1. The van der Waals surface area contributed by atoms with Gasteiger partial charge in [-0.25, -0.2) is 9.97 Å². The van der Waals surface area contributed by atoms with Crippen LogP contribution in [0, 0.1) is 12.3 Å². The van der Waals surface area contributed by atoms with Gasteiger partial charge in [-0.3, -0.25) is 0 Å². The monoisotopic (exact) mass is 431 g/mol. The molecule has 0 spiro atoms. The second kappa shape index (κ2) is 10.4. The summed E-state index contributed by atoms with van der Waals surface area (Å²) in [5.74, 6) is 4.52. The molecule has 166 valence electrons. The molecule has 0 radical (unpaired) electrons. The molecular weight excluding hydrogens is 402 g/mol. The third-order valence-corrected chi connectivity index (χ3v) is 4.87. The van der Waals surface area contributed by atoms with Gasteiger partial charge in [0.15, 0.2) is 0 Å². The highest BCUT2D eigenvalue weighted by atomic mass is 16.5. The molecular formula is C24H29N7O. The van der Waals surface area contributed by atoms with E-state index in [4.69, 9.17) is 16.9 Å². The zero-order valence-electron chi connectivity index (χ0n) is 18.9. The van der Waals surface area contributed by atoms with E-state index in [0.29, 0.717) is 28.8 Å². The van der Waals surface area contributed by atoms with E-state index >= 15 is 0 Å². The Morgan fingerprint density at radius 3 is 2.47 bits per heavy atom. The van der Waals surface area contributed by atoms with Crippen LogP contribution in [-0.2, 0) is 0 Å². The Hall–Kier alpha value is -3.96. The molecule has 1 aromatic heterocycles. The minimum Gasteiger partial charge on any atom is -0.494 e. The number of nitrogens with one attached hydrogen (secondary N) is 2. The van der Waals surface area contributed by atoms with Crippen molar-refractivity contribution in [1.29, 1.82) is 0 Å². The molecule has 0 bridgehead atoms. The molecule has 0 unspecified atom stereocenters. The number of hydrogen-bond acceptors (Lipinski definition) is 8. The van der Waals surface area contributed by atoms with Crippen LogP contribution in [0.2, 0.25) is 0 Å². The second-order valence-corrected chi connectivity index (χ2v) is 7.60. The van der Waals surface area contributed by atoms with Gasteiger partial charge in [0.25, 0.3) is 0 Å². The summed E-state index contributed by atoms with van der Waals surface area (Å²) in [6.07, 6.45) is 6.96. The number of benzene rings is 2. The van der Waals surface area contributed by atoms with Gasteiger partial charge in [0.05, 0.1) is 24.2 Å². The number of terminal acetylenes is 1. The van der Waals surface area contributed by atoms with Crippen LogP contribution in [0.5, 0.6) is 5.75 Å². The molecule has 8 heteroatoms. The van der Waals surface area contributed by atoms with Crippen LogP contribution in [0.4, 0.5) is 34.4 Å². The topological polar surface area (TPSA) is 91.6 Å². The van der Waals surface area contributed by atoms with E-state index < -0.39 is 0 Å². The van der Waals surface area contributed by atoms with Gasteiger partial charge >= 0.3 is 0 Å². The number of ether oxygens (including phenoxy) is 1. The lowest BCUT2D eigenvalue weighted by Gasteiger charge is -2.24. The van der Waals surface area contributed by atoms with Crippen molar-refractivity contribution in [3.8, 4) is 18.1 Å².